The summed E-state index contributed by atoms with van der Waals surface area (Å²) in [7, 11) is 0. The van der Waals surface area contributed by atoms with E-state index >= 15 is 0 Å². The van der Waals surface area contributed by atoms with Crippen molar-refractivity contribution in [1.29, 1.82) is 0 Å². The number of rotatable bonds is 5. The van der Waals surface area contributed by atoms with Gasteiger partial charge in [-0.1, -0.05) is 50.2 Å². The van der Waals surface area contributed by atoms with Crippen molar-refractivity contribution < 1.29 is 0 Å². The molecule has 0 saturated heterocycles. The van der Waals surface area contributed by atoms with Crippen LogP contribution in [0.4, 0.5) is 11.4 Å². The molecule has 0 bridgehead atoms. The molecule has 0 amide bonds. The van der Waals surface area contributed by atoms with Gasteiger partial charge < -0.3 is 10.2 Å². The van der Waals surface area contributed by atoms with Crippen LogP contribution in [0.2, 0.25) is 0 Å². The van der Waals surface area contributed by atoms with Gasteiger partial charge in [-0.15, -0.1) is 0 Å². The average molecular weight is 280 g/mol. The number of hydrogen-bond acceptors (Lipinski definition) is 2. The van der Waals surface area contributed by atoms with Crippen LogP contribution < -0.4 is 10.2 Å². The van der Waals surface area contributed by atoms with Crippen LogP contribution in [-0.4, -0.2) is 13.1 Å². The van der Waals surface area contributed by atoms with Crippen LogP contribution >= 0.6 is 0 Å². The SMILES string of the molecule is CCNC(CC)c1ccccc1N1CCc2ccccc21. The highest BCUT2D eigenvalue weighted by molar-refractivity contribution is 5.72. The van der Waals surface area contributed by atoms with Gasteiger partial charge in [0.05, 0.1) is 0 Å². The van der Waals surface area contributed by atoms with Crippen molar-refractivity contribution >= 4 is 11.4 Å². The fourth-order valence-corrected chi connectivity index (χ4v) is 3.34. The molecule has 21 heavy (non-hydrogen) atoms. The third-order valence-electron chi connectivity index (χ3n) is 4.35. The summed E-state index contributed by atoms with van der Waals surface area (Å²) in [5.41, 5.74) is 5.61. The fraction of sp³-hybridized carbons (Fsp3) is 0.368. The number of hydrogen-bond donors (Lipinski definition) is 1. The predicted molar refractivity (Wildman–Crippen MR) is 90.3 cm³/mol. The van der Waals surface area contributed by atoms with Gasteiger partial charge in [0.1, 0.15) is 0 Å². The van der Waals surface area contributed by atoms with Crippen LogP contribution in [0.25, 0.3) is 0 Å². The summed E-state index contributed by atoms with van der Waals surface area (Å²) >= 11 is 0. The van der Waals surface area contributed by atoms with Crippen LogP contribution in [0, 0.1) is 0 Å². The number of fused-ring (bicyclic) bond motifs is 1. The van der Waals surface area contributed by atoms with Gasteiger partial charge in [-0.25, -0.2) is 0 Å². The van der Waals surface area contributed by atoms with Gasteiger partial charge in [0.25, 0.3) is 0 Å². The van der Waals surface area contributed by atoms with Gasteiger partial charge in [-0.05, 0) is 42.6 Å². The van der Waals surface area contributed by atoms with E-state index < -0.39 is 0 Å². The molecule has 2 heteroatoms. The van der Waals surface area contributed by atoms with Crippen molar-refractivity contribution in [2.45, 2.75) is 32.7 Å². The molecule has 0 fully saturated rings. The molecule has 2 aromatic carbocycles. The molecule has 0 radical (unpaired) electrons. The van der Waals surface area contributed by atoms with E-state index in [4.69, 9.17) is 0 Å². The molecule has 1 aliphatic rings. The summed E-state index contributed by atoms with van der Waals surface area (Å²) in [4.78, 5) is 2.48. The van der Waals surface area contributed by atoms with Crippen LogP contribution in [0.1, 0.15) is 37.4 Å². The second kappa shape index (κ2) is 6.31. The van der Waals surface area contributed by atoms with E-state index in [1.807, 2.05) is 0 Å². The third-order valence-corrected chi connectivity index (χ3v) is 4.35. The van der Waals surface area contributed by atoms with E-state index in [1.165, 1.54) is 22.5 Å². The normalized spacial score (nSPS) is 15.0. The van der Waals surface area contributed by atoms with Gasteiger partial charge in [0.15, 0.2) is 0 Å². The number of nitrogens with zero attached hydrogens (tertiary/aromatic N) is 1. The Morgan fingerprint density at radius 2 is 1.71 bits per heavy atom. The molecule has 1 heterocycles. The van der Waals surface area contributed by atoms with Crippen molar-refractivity contribution in [2.75, 3.05) is 18.0 Å². The van der Waals surface area contributed by atoms with E-state index in [0.29, 0.717) is 6.04 Å². The van der Waals surface area contributed by atoms with Crippen molar-refractivity contribution in [3.8, 4) is 0 Å². The minimum Gasteiger partial charge on any atom is -0.341 e. The van der Waals surface area contributed by atoms with E-state index in [2.05, 4.69) is 72.6 Å². The standard InChI is InChI=1S/C19H24N2/c1-3-17(20-4-2)16-10-6-8-12-19(16)21-14-13-15-9-5-7-11-18(15)21/h5-12,17,20H,3-4,13-14H2,1-2H3. The number of benzene rings is 2. The molecule has 0 aromatic heterocycles. The Bertz CT molecular complexity index is 606. The zero-order chi connectivity index (χ0) is 14.7. The summed E-state index contributed by atoms with van der Waals surface area (Å²) < 4.78 is 0. The highest BCUT2D eigenvalue weighted by Crippen LogP contribution is 2.38. The monoisotopic (exact) mass is 280 g/mol. The van der Waals surface area contributed by atoms with Crippen molar-refractivity contribution in [3.05, 3.63) is 59.7 Å². The maximum Gasteiger partial charge on any atom is 0.0459 e. The van der Waals surface area contributed by atoms with Gasteiger partial charge in [-0.3, -0.25) is 0 Å². The largest absolute Gasteiger partial charge is 0.341 e. The lowest BCUT2D eigenvalue weighted by molar-refractivity contribution is 0.537. The quantitative estimate of drug-likeness (QED) is 0.871. The Balaban J connectivity index is 2.00. The summed E-state index contributed by atoms with van der Waals surface area (Å²) in [6.07, 6.45) is 2.25. The summed E-state index contributed by atoms with van der Waals surface area (Å²) in [5, 5.41) is 3.61. The van der Waals surface area contributed by atoms with E-state index in [0.717, 1.165) is 25.9 Å². The van der Waals surface area contributed by atoms with Crippen LogP contribution in [-0.2, 0) is 6.42 Å². The van der Waals surface area contributed by atoms with E-state index in [1.54, 1.807) is 0 Å². The first-order chi connectivity index (χ1) is 10.3. The zero-order valence-electron chi connectivity index (χ0n) is 13.0. The first-order valence-corrected chi connectivity index (χ1v) is 8.03. The Kier molecular flexibility index (Phi) is 4.26. The average Bonchev–Trinajstić information content (AvgIpc) is 2.96. The van der Waals surface area contributed by atoms with E-state index in [9.17, 15) is 0 Å². The topological polar surface area (TPSA) is 15.3 Å². The van der Waals surface area contributed by atoms with Crippen molar-refractivity contribution in [2.24, 2.45) is 0 Å². The van der Waals surface area contributed by atoms with Crippen molar-refractivity contribution in [1.82, 2.24) is 5.32 Å². The maximum absolute atomic E-state index is 3.61. The molecule has 110 valence electrons. The van der Waals surface area contributed by atoms with Gasteiger partial charge in [-0.2, -0.15) is 0 Å². The lowest BCUT2D eigenvalue weighted by Crippen LogP contribution is -2.23. The highest BCUT2D eigenvalue weighted by atomic mass is 15.2. The predicted octanol–water partition coefficient (Wildman–Crippen LogP) is 4.44. The number of nitrogens with one attached hydrogen (secondary N) is 1. The first-order valence-electron chi connectivity index (χ1n) is 8.03. The minimum absolute atomic E-state index is 0.430. The molecule has 0 spiro atoms. The fourth-order valence-electron chi connectivity index (χ4n) is 3.34. The maximum atomic E-state index is 3.61. The summed E-state index contributed by atoms with van der Waals surface area (Å²) in [5.74, 6) is 0. The van der Waals surface area contributed by atoms with Gasteiger partial charge in [0.2, 0.25) is 0 Å². The first kappa shape index (κ1) is 14.2. The van der Waals surface area contributed by atoms with Crippen LogP contribution in [0.15, 0.2) is 48.5 Å². The molecular weight excluding hydrogens is 256 g/mol. The lowest BCUT2D eigenvalue weighted by atomic mass is 10.0. The molecule has 2 nitrogen and oxygen atoms in total. The smallest absolute Gasteiger partial charge is 0.0459 e. The van der Waals surface area contributed by atoms with E-state index in [-0.39, 0.29) is 0 Å². The molecule has 1 unspecified atom stereocenters. The van der Waals surface area contributed by atoms with Crippen LogP contribution in [0.5, 0.6) is 0 Å². The van der Waals surface area contributed by atoms with Gasteiger partial charge >= 0.3 is 0 Å². The molecule has 1 aliphatic heterocycles. The molecule has 1 atom stereocenters. The second-order valence-corrected chi connectivity index (χ2v) is 5.61. The van der Waals surface area contributed by atoms with Crippen LogP contribution in [0.3, 0.4) is 0 Å². The summed E-state index contributed by atoms with van der Waals surface area (Å²) in [6.45, 7) is 6.51. The van der Waals surface area contributed by atoms with Crippen molar-refractivity contribution in [3.63, 3.8) is 0 Å². The highest BCUT2D eigenvalue weighted by Gasteiger charge is 2.23. The summed E-state index contributed by atoms with van der Waals surface area (Å²) in [6, 6.07) is 18.0. The Morgan fingerprint density at radius 3 is 2.48 bits per heavy atom. The molecule has 0 aliphatic carbocycles. The Morgan fingerprint density at radius 1 is 1.00 bits per heavy atom. The molecular formula is C19H24N2. The molecule has 2 aromatic rings. The number of anilines is 2. The third kappa shape index (κ3) is 2.68. The molecule has 1 N–H and O–H groups in total. The lowest BCUT2D eigenvalue weighted by Gasteiger charge is -2.27. The van der Waals surface area contributed by atoms with Gasteiger partial charge in [0, 0.05) is 24.0 Å². The minimum atomic E-state index is 0.430. The Labute approximate surface area is 127 Å². The Hall–Kier alpha value is -1.80. The zero-order valence-corrected chi connectivity index (χ0v) is 13.0. The molecule has 0 saturated carbocycles. The molecule has 3 rings (SSSR count). The second-order valence-electron chi connectivity index (χ2n) is 5.61. The number of para-hydroxylation sites is 2.